The molecule has 0 radical (unpaired) electrons. The van der Waals surface area contributed by atoms with E-state index in [1.807, 2.05) is 4.90 Å². The van der Waals surface area contributed by atoms with Gasteiger partial charge in [-0.1, -0.05) is 30.4 Å². The fourth-order valence-corrected chi connectivity index (χ4v) is 4.34. The van der Waals surface area contributed by atoms with Crippen molar-refractivity contribution in [2.45, 2.75) is 19.4 Å². The number of carboxylic acid groups (broad SMARTS) is 3. The smallest absolute Gasteiger partial charge is 0.317 e. The largest absolute Gasteiger partial charge is 0.481 e. The van der Waals surface area contributed by atoms with Crippen molar-refractivity contribution in [2.75, 3.05) is 59.5 Å². The molecule has 1 heterocycles. The third-order valence-corrected chi connectivity index (χ3v) is 6.53. The number of non-ortho nitro benzene ring substituents is 1. The molecular formula is C31H42N6O10. The maximum atomic E-state index is 11.6. The number of aromatic nitrogens is 1. The molecule has 1 aromatic carbocycles. The molecule has 256 valence electrons. The van der Waals surface area contributed by atoms with Gasteiger partial charge < -0.3 is 31.1 Å². The van der Waals surface area contributed by atoms with Crippen molar-refractivity contribution in [3.05, 3.63) is 93.5 Å². The molecular weight excluding hydrogens is 616 g/mol. The number of nitrogens with zero attached hydrogens (tertiary/aromatic N) is 5. The highest BCUT2D eigenvalue weighted by Gasteiger charge is 2.17. The molecule has 0 bridgehead atoms. The second-order valence-electron chi connectivity index (χ2n) is 10.2. The van der Waals surface area contributed by atoms with Crippen LogP contribution in [0, 0.1) is 10.1 Å². The minimum atomic E-state index is -1.06. The number of rotatable bonds is 22. The van der Waals surface area contributed by atoms with Gasteiger partial charge in [0.25, 0.3) is 5.69 Å². The fraction of sp³-hybridized carbons (Fsp3) is 0.387. The number of aliphatic hydroxyl groups is 1. The van der Waals surface area contributed by atoms with Gasteiger partial charge in [-0.05, 0) is 30.2 Å². The van der Waals surface area contributed by atoms with Crippen LogP contribution in [0.3, 0.4) is 0 Å². The molecule has 1 aromatic heterocycles. The minimum absolute atomic E-state index is 0.0278. The lowest BCUT2D eigenvalue weighted by molar-refractivity contribution is -0.384. The number of allylic oxidation sites excluding steroid dienone is 2. The molecule has 6 N–H and O–H groups in total. The predicted molar refractivity (Wildman–Crippen MR) is 172 cm³/mol. The first-order chi connectivity index (χ1) is 22.4. The molecule has 0 unspecified atom stereocenters. The van der Waals surface area contributed by atoms with E-state index in [1.165, 1.54) is 30.4 Å². The normalized spacial score (nSPS) is 11.5. The van der Waals surface area contributed by atoms with Crippen LogP contribution >= 0.6 is 0 Å². The number of hydrogen-bond acceptors (Lipinski definition) is 12. The van der Waals surface area contributed by atoms with Gasteiger partial charge in [0, 0.05) is 70.8 Å². The molecule has 0 saturated heterocycles. The van der Waals surface area contributed by atoms with E-state index in [0.717, 1.165) is 12.7 Å². The van der Waals surface area contributed by atoms with E-state index >= 15 is 0 Å². The van der Waals surface area contributed by atoms with Crippen LogP contribution in [0.4, 0.5) is 5.69 Å². The molecule has 2 rings (SSSR count). The SMILES string of the molecule is CO.N/C(=C\C=C/CC(=O)O)CN(CCN(CCc1ccc([N+](=O)[O-])cc1)CCN(CC(=O)O)Cc1cccc(C=O)n1)CC(=O)O. The van der Waals surface area contributed by atoms with Gasteiger partial charge in [0.15, 0.2) is 6.29 Å². The number of nitro benzene ring substituents is 1. The molecule has 47 heavy (non-hydrogen) atoms. The van der Waals surface area contributed by atoms with Crippen LogP contribution in [-0.4, -0.2) is 129 Å². The molecule has 0 amide bonds. The Kier molecular flexibility index (Phi) is 19.1. The Morgan fingerprint density at radius 1 is 0.851 bits per heavy atom. The minimum Gasteiger partial charge on any atom is -0.481 e. The van der Waals surface area contributed by atoms with Crippen molar-refractivity contribution in [2.24, 2.45) is 5.73 Å². The summed E-state index contributed by atoms with van der Waals surface area (Å²) in [5.41, 5.74) is 7.99. The van der Waals surface area contributed by atoms with Crippen LogP contribution in [0.2, 0.25) is 0 Å². The number of hydrogen-bond donors (Lipinski definition) is 5. The maximum absolute atomic E-state index is 11.6. The van der Waals surface area contributed by atoms with E-state index < -0.39 is 22.8 Å². The van der Waals surface area contributed by atoms with Gasteiger partial charge in [0.1, 0.15) is 5.69 Å². The van der Waals surface area contributed by atoms with Crippen LogP contribution in [0.25, 0.3) is 0 Å². The van der Waals surface area contributed by atoms with E-state index in [-0.39, 0.29) is 44.0 Å². The number of benzene rings is 1. The average Bonchev–Trinajstić information content (AvgIpc) is 3.03. The Hall–Kier alpha value is -5.03. The fourth-order valence-electron chi connectivity index (χ4n) is 4.34. The first-order valence-corrected chi connectivity index (χ1v) is 14.5. The summed E-state index contributed by atoms with van der Waals surface area (Å²) in [4.78, 5) is 65.1. The quantitative estimate of drug-likeness (QED) is 0.0515. The van der Waals surface area contributed by atoms with Crippen molar-refractivity contribution in [3.63, 3.8) is 0 Å². The summed E-state index contributed by atoms with van der Waals surface area (Å²) in [7, 11) is 1.00. The lowest BCUT2D eigenvalue weighted by atomic mass is 10.1. The van der Waals surface area contributed by atoms with Gasteiger partial charge in [-0.15, -0.1) is 0 Å². The number of nitrogens with two attached hydrogens (primary N) is 1. The molecule has 16 heteroatoms. The Labute approximate surface area is 272 Å². The highest BCUT2D eigenvalue weighted by Crippen LogP contribution is 2.13. The van der Waals surface area contributed by atoms with Crippen LogP contribution in [0.1, 0.15) is 28.2 Å². The van der Waals surface area contributed by atoms with Crippen molar-refractivity contribution in [1.29, 1.82) is 0 Å². The van der Waals surface area contributed by atoms with Gasteiger partial charge >= 0.3 is 17.9 Å². The molecule has 0 aliphatic rings. The topological polar surface area (TPSA) is 241 Å². The molecule has 0 aliphatic carbocycles. The van der Waals surface area contributed by atoms with Gasteiger partial charge in [-0.2, -0.15) is 0 Å². The number of nitro groups is 1. The van der Waals surface area contributed by atoms with Crippen molar-refractivity contribution < 1.29 is 44.5 Å². The number of carbonyl (C=O) groups excluding carboxylic acids is 1. The van der Waals surface area contributed by atoms with Gasteiger partial charge in [-0.3, -0.25) is 39.1 Å². The molecule has 2 aromatic rings. The number of aldehydes is 1. The lowest BCUT2D eigenvalue weighted by Gasteiger charge is -2.29. The van der Waals surface area contributed by atoms with Crippen LogP contribution in [-0.2, 0) is 27.3 Å². The predicted octanol–water partition coefficient (Wildman–Crippen LogP) is 1.10. The number of aliphatic carboxylic acids is 3. The van der Waals surface area contributed by atoms with Crippen LogP contribution < -0.4 is 5.73 Å². The summed E-state index contributed by atoms with van der Waals surface area (Å²) < 4.78 is 0. The van der Waals surface area contributed by atoms with E-state index in [1.54, 1.807) is 40.1 Å². The Morgan fingerprint density at radius 2 is 1.45 bits per heavy atom. The Bertz CT molecular complexity index is 1370. The van der Waals surface area contributed by atoms with Crippen molar-refractivity contribution >= 4 is 29.9 Å². The molecule has 0 spiro atoms. The first-order valence-electron chi connectivity index (χ1n) is 14.5. The van der Waals surface area contributed by atoms with Gasteiger partial charge in [0.2, 0.25) is 0 Å². The molecule has 0 saturated carbocycles. The highest BCUT2D eigenvalue weighted by atomic mass is 16.6. The molecule has 16 nitrogen and oxygen atoms in total. The summed E-state index contributed by atoms with van der Waals surface area (Å²) in [5.74, 6) is -3.09. The van der Waals surface area contributed by atoms with E-state index in [9.17, 15) is 39.5 Å². The standard InChI is InChI=1S/C30H38N6O9.CH4O/c31-24(4-1-2-7-28(38)39)18-34(20-29(40)41)16-14-33(13-12-23-8-10-27(11-9-23)36(44)45)15-17-35(21-30(42)43)19-25-5-3-6-26(22-37)32-25;1-2/h1-6,8-11,22H,7,12-21,31H2,(H,38,39)(H,40,41)(H,42,43);2H,1H3/b2-1-,24-4-;. The van der Waals surface area contributed by atoms with E-state index in [2.05, 4.69) is 4.98 Å². The number of pyridine rings is 1. The zero-order chi connectivity index (χ0) is 35.2. The second-order valence-corrected chi connectivity index (χ2v) is 10.2. The first kappa shape index (κ1) is 40.0. The highest BCUT2D eigenvalue weighted by molar-refractivity contribution is 5.71. The third-order valence-electron chi connectivity index (χ3n) is 6.53. The Morgan fingerprint density at radius 3 is 2.02 bits per heavy atom. The Balaban J connectivity index is 0.00000541. The zero-order valence-electron chi connectivity index (χ0n) is 26.2. The summed E-state index contributed by atoms with van der Waals surface area (Å²) >= 11 is 0. The number of carboxylic acids is 3. The monoisotopic (exact) mass is 658 g/mol. The van der Waals surface area contributed by atoms with Crippen LogP contribution in [0.5, 0.6) is 0 Å². The van der Waals surface area contributed by atoms with Gasteiger partial charge in [0.05, 0.1) is 30.1 Å². The third kappa shape index (κ3) is 17.9. The average molecular weight is 659 g/mol. The molecule has 0 atom stereocenters. The van der Waals surface area contributed by atoms with Crippen molar-refractivity contribution in [1.82, 2.24) is 19.7 Å². The number of aliphatic hydroxyl groups excluding tert-OH is 1. The van der Waals surface area contributed by atoms with Crippen LogP contribution in [0.15, 0.2) is 66.4 Å². The summed E-state index contributed by atoms with van der Waals surface area (Å²) in [5, 5.41) is 45.7. The molecule has 0 aliphatic heterocycles. The zero-order valence-corrected chi connectivity index (χ0v) is 26.2. The maximum Gasteiger partial charge on any atom is 0.317 e. The summed E-state index contributed by atoms with van der Waals surface area (Å²) in [6.07, 6.45) is 5.39. The summed E-state index contributed by atoms with van der Waals surface area (Å²) in [6, 6.07) is 11.1. The molecule has 0 fully saturated rings. The second kappa shape index (κ2) is 22.5. The van der Waals surface area contributed by atoms with E-state index in [4.69, 9.17) is 15.9 Å². The lowest BCUT2D eigenvalue weighted by Crippen LogP contribution is -2.43. The van der Waals surface area contributed by atoms with E-state index in [0.29, 0.717) is 56.8 Å². The van der Waals surface area contributed by atoms with Crippen molar-refractivity contribution in [3.8, 4) is 0 Å². The van der Waals surface area contributed by atoms with Gasteiger partial charge in [-0.25, -0.2) is 4.98 Å². The summed E-state index contributed by atoms with van der Waals surface area (Å²) in [6.45, 7) is 1.62. The number of carbonyl (C=O) groups is 4.